The molecule has 0 aromatic heterocycles. The number of alkyl carbamates (subject to hydrolysis) is 1. The van der Waals surface area contributed by atoms with Gasteiger partial charge in [0.25, 0.3) is 0 Å². The topological polar surface area (TPSA) is 64.6 Å². The Kier molecular flexibility index (Phi) is 7.63. The molecule has 2 unspecified atom stereocenters. The van der Waals surface area contributed by atoms with Crippen molar-refractivity contribution in [3.05, 3.63) is 35.9 Å². The van der Waals surface area contributed by atoms with Gasteiger partial charge < -0.3 is 14.6 Å². The van der Waals surface area contributed by atoms with E-state index in [2.05, 4.69) is 5.32 Å². The number of rotatable bonds is 7. The minimum absolute atomic E-state index is 0.205. The van der Waals surface area contributed by atoms with E-state index in [0.29, 0.717) is 12.3 Å². The Morgan fingerprint density at radius 2 is 1.96 bits per heavy atom. The van der Waals surface area contributed by atoms with Crippen LogP contribution in [0.3, 0.4) is 0 Å². The van der Waals surface area contributed by atoms with Gasteiger partial charge in [-0.05, 0) is 17.9 Å². The lowest BCUT2D eigenvalue weighted by atomic mass is 9.87. The Balaban J connectivity index is 1.83. The van der Waals surface area contributed by atoms with Gasteiger partial charge in [0.1, 0.15) is 12.4 Å². The highest BCUT2D eigenvalue weighted by Crippen LogP contribution is 2.35. The van der Waals surface area contributed by atoms with Crippen LogP contribution in [-0.2, 0) is 20.4 Å². The molecule has 6 heteroatoms. The second kappa shape index (κ2) is 9.74. The minimum Gasteiger partial charge on any atom is -0.445 e. The summed E-state index contributed by atoms with van der Waals surface area (Å²) in [6.07, 6.45) is 6.13. The van der Waals surface area contributed by atoms with E-state index in [1.54, 1.807) is 0 Å². The van der Waals surface area contributed by atoms with Crippen molar-refractivity contribution in [3.63, 3.8) is 0 Å². The van der Waals surface area contributed by atoms with Crippen LogP contribution < -0.4 is 5.32 Å². The van der Waals surface area contributed by atoms with Crippen molar-refractivity contribution < 1.29 is 18.6 Å². The monoisotopic (exact) mass is 339 g/mol. The molecule has 0 saturated heterocycles. The van der Waals surface area contributed by atoms with Crippen molar-refractivity contribution >= 4 is 14.1 Å². The molecule has 128 valence electrons. The lowest BCUT2D eigenvalue weighted by Gasteiger charge is -2.26. The van der Waals surface area contributed by atoms with Crippen LogP contribution in [0.1, 0.15) is 44.1 Å². The molecule has 5 nitrogen and oxygen atoms in total. The molecule has 1 aliphatic carbocycles. The van der Waals surface area contributed by atoms with E-state index in [0.717, 1.165) is 18.4 Å². The Morgan fingerprint density at radius 3 is 2.61 bits per heavy atom. The molecule has 0 spiro atoms. The lowest BCUT2D eigenvalue weighted by molar-refractivity contribution is 0.136. The number of hydrogen-bond donors (Lipinski definition) is 1. The van der Waals surface area contributed by atoms with Crippen LogP contribution in [0.15, 0.2) is 30.3 Å². The maximum Gasteiger partial charge on any atom is 0.408 e. The molecule has 2 rings (SSSR count). The van der Waals surface area contributed by atoms with Gasteiger partial charge in [0.05, 0.1) is 0 Å². The van der Waals surface area contributed by atoms with Gasteiger partial charge in [-0.2, -0.15) is 0 Å². The summed E-state index contributed by atoms with van der Waals surface area (Å²) >= 11 is 0. The highest BCUT2D eigenvalue weighted by molar-refractivity contribution is 7.40. The Bertz CT molecular complexity index is 503. The first-order valence-electron chi connectivity index (χ1n) is 8.24. The summed E-state index contributed by atoms with van der Waals surface area (Å²) in [6.45, 7) is 0.205. The maximum absolute atomic E-state index is 12.1. The average Bonchev–Trinajstić information content (AvgIpc) is 2.60. The molecule has 1 N–H and O–H groups in total. The summed E-state index contributed by atoms with van der Waals surface area (Å²) in [5, 5.41) is 2.73. The first-order chi connectivity index (χ1) is 11.2. The largest absolute Gasteiger partial charge is 0.445 e. The number of benzene rings is 1. The zero-order chi connectivity index (χ0) is 16.5. The molecular weight excluding hydrogens is 313 g/mol. The van der Waals surface area contributed by atoms with E-state index in [1.807, 2.05) is 30.3 Å². The Labute approximate surface area is 138 Å². The lowest BCUT2D eigenvalue weighted by Crippen LogP contribution is -2.35. The van der Waals surface area contributed by atoms with E-state index >= 15 is 0 Å². The second-order valence-corrected chi connectivity index (χ2v) is 7.76. The number of nitrogens with one attached hydrogen (secondary N) is 1. The molecule has 1 fully saturated rings. The summed E-state index contributed by atoms with van der Waals surface area (Å²) in [5.74, 6) is 0.0589. The van der Waals surface area contributed by atoms with E-state index < -0.39 is 19.9 Å². The average molecular weight is 339 g/mol. The van der Waals surface area contributed by atoms with E-state index in [9.17, 15) is 9.36 Å². The van der Waals surface area contributed by atoms with Gasteiger partial charge in [0, 0.05) is 7.11 Å². The highest BCUT2D eigenvalue weighted by Gasteiger charge is 2.25. The molecule has 0 aliphatic heterocycles. The molecule has 1 aliphatic rings. The molecule has 0 radical (unpaired) electrons. The van der Waals surface area contributed by atoms with Gasteiger partial charge in [-0.15, -0.1) is 0 Å². The molecule has 1 amide bonds. The van der Waals surface area contributed by atoms with Crippen molar-refractivity contribution in [1.82, 2.24) is 5.32 Å². The van der Waals surface area contributed by atoms with Gasteiger partial charge >= 0.3 is 6.09 Å². The van der Waals surface area contributed by atoms with Crippen LogP contribution in [0.5, 0.6) is 0 Å². The standard InChI is InChI=1S/C17H26NO4P/c1-21-23(20)16(12-14-8-4-2-5-9-14)18-17(19)22-13-15-10-6-3-7-11-15/h3,6-7,10-11,14,16,23H,2,4-5,8-9,12-13H2,1H3,(H,18,19). The summed E-state index contributed by atoms with van der Waals surface area (Å²) in [7, 11) is -0.882. The fraction of sp³-hybridized carbons (Fsp3) is 0.588. The molecule has 23 heavy (non-hydrogen) atoms. The first kappa shape index (κ1) is 18.0. The van der Waals surface area contributed by atoms with Crippen LogP contribution in [0.4, 0.5) is 4.79 Å². The molecule has 1 saturated carbocycles. The fourth-order valence-corrected chi connectivity index (χ4v) is 4.07. The van der Waals surface area contributed by atoms with Crippen molar-refractivity contribution in [1.29, 1.82) is 0 Å². The predicted octanol–water partition coefficient (Wildman–Crippen LogP) is 4.33. The predicted molar refractivity (Wildman–Crippen MR) is 90.8 cm³/mol. The summed E-state index contributed by atoms with van der Waals surface area (Å²) in [6, 6.07) is 9.49. The molecule has 1 aromatic rings. The molecular formula is C17H26NO4P. The number of carbonyl (C=O) groups excluding carboxylic acids is 1. The molecule has 0 heterocycles. The fourth-order valence-electron chi connectivity index (χ4n) is 3.02. The maximum atomic E-state index is 12.1. The third-order valence-electron chi connectivity index (χ3n) is 4.28. The second-order valence-electron chi connectivity index (χ2n) is 6.02. The van der Waals surface area contributed by atoms with Crippen molar-refractivity contribution in [3.8, 4) is 0 Å². The SMILES string of the molecule is CO[PH](=O)C(CC1CCCCC1)NC(=O)OCc1ccccc1. The number of hydrogen-bond acceptors (Lipinski definition) is 4. The molecule has 2 atom stereocenters. The smallest absolute Gasteiger partial charge is 0.408 e. The summed E-state index contributed by atoms with van der Waals surface area (Å²) in [4.78, 5) is 12.0. The van der Waals surface area contributed by atoms with E-state index in [1.165, 1.54) is 26.4 Å². The summed E-state index contributed by atoms with van der Waals surface area (Å²) in [5.41, 5.74) is 0.922. The van der Waals surface area contributed by atoms with Crippen LogP contribution >= 0.6 is 8.03 Å². The molecule has 0 bridgehead atoms. The number of ether oxygens (including phenoxy) is 1. The van der Waals surface area contributed by atoms with E-state index in [-0.39, 0.29) is 6.61 Å². The van der Waals surface area contributed by atoms with Gasteiger partial charge in [-0.1, -0.05) is 62.4 Å². The third-order valence-corrected chi connectivity index (χ3v) is 5.64. The van der Waals surface area contributed by atoms with Gasteiger partial charge in [-0.3, -0.25) is 4.57 Å². The molecule has 1 aromatic carbocycles. The third kappa shape index (κ3) is 6.36. The van der Waals surface area contributed by atoms with Crippen molar-refractivity contribution in [2.24, 2.45) is 5.92 Å². The van der Waals surface area contributed by atoms with Crippen LogP contribution in [-0.4, -0.2) is 19.0 Å². The van der Waals surface area contributed by atoms with Crippen molar-refractivity contribution in [2.75, 3.05) is 7.11 Å². The Morgan fingerprint density at radius 1 is 1.26 bits per heavy atom. The highest BCUT2D eigenvalue weighted by atomic mass is 31.1. The van der Waals surface area contributed by atoms with Gasteiger partial charge in [0.15, 0.2) is 0 Å². The first-order valence-corrected chi connectivity index (χ1v) is 9.63. The minimum atomic E-state index is -2.31. The zero-order valence-electron chi connectivity index (χ0n) is 13.6. The van der Waals surface area contributed by atoms with Gasteiger partial charge in [-0.25, -0.2) is 4.79 Å². The van der Waals surface area contributed by atoms with Crippen LogP contribution in [0.25, 0.3) is 0 Å². The normalized spacial score (nSPS) is 18.1. The van der Waals surface area contributed by atoms with E-state index in [4.69, 9.17) is 9.26 Å². The quantitative estimate of drug-likeness (QED) is 0.751. The zero-order valence-corrected chi connectivity index (χ0v) is 14.6. The number of amides is 1. The Hall–Kier alpha value is -1.32. The van der Waals surface area contributed by atoms with Crippen LogP contribution in [0, 0.1) is 5.92 Å². The van der Waals surface area contributed by atoms with Crippen molar-refractivity contribution in [2.45, 2.75) is 50.9 Å². The number of carbonyl (C=O) groups is 1. The van der Waals surface area contributed by atoms with Crippen LogP contribution in [0.2, 0.25) is 0 Å². The van der Waals surface area contributed by atoms with Gasteiger partial charge in [0.2, 0.25) is 8.03 Å². The summed E-state index contributed by atoms with van der Waals surface area (Å²) < 4.78 is 22.3.